The van der Waals surface area contributed by atoms with E-state index >= 15 is 0 Å². The Bertz CT molecular complexity index is 455. The summed E-state index contributed by atoms with van der Waals surface area (Å²) < 4.78 is 1.88. The number of nitrogens with one attached hydrogen (secondary N) is 1. The van der Waals surface area contributed by atoms with Crippen LogP contribution in [0.25, 0.3) is 0 Å². The van der Waals surface area contributed by atoms with Crippen LogP contribution in [0.1, 0.15) is 60.3 Å². The molecule has 0 radical (unpaired) electrons. The molecule has 0 aliphatic heterocycles. The fourth-order valence-corrected chi connectivity index (χ4v) is 2.36. The highest BCUT2D eigenvalue weighted by molar-refractivity contribution is 5.97. The van der Waals surface area contributed by atoms with Crippen LogP contribution in [-0.4, -0.2) is 21.7 Å². The van der Waals surface area contributed by atoms with Crippen LogP contribution in [0.2, 0.25) is 0 Å². The highest BCUT2D eigenvalue weighted by Crippen LogP contribution is 2.41. The van der Waals surface area contributed by atoms with E-state index in [0.717, 1.165) is 36.2 Å². The molecule has 2 aliphatic carbocycles. The first-order valence-corrected chi connectivity index (χ1v) is 6.57. The van der Waals surface area contributed by atoms with E-state index in [1.54, 1.807) is 0 Å². The number of carbonyl (C=O) groups excluding carboxylic acids is 1. The van der Waals surface area contributed by atoms with Gasteiger partial charge in [-0.15, -0.1) is 0 Å². The van der Waals surface area contributed by atoms with Crippen molar-refractivity contribution in [1.29, 1.82) is 0 Å². The Morgan fingerprint density at radius 1 is 1.41 bits per heavy atom. The summed E-state index contributed by atoms with van der Waals surface area (Å²) in [6, 6.07) is 0.416. The number of carbonyl (C=O) groups is 1. The fourth-order valence-electron chi connectivity index (χ4n) is 2.36. The molecule has 0 aromatic carbocycles. The molecule has 2 aliphatic rings. The van der Waals surface area contributed by atoms with E-state index in [0.29, 0.717) is 12.0 Å². The van der Waals surface area contributed by atoms with Crippen molar-refractivity contribution in [3.8, 4) is 0 Å². The lowest BCUT2D eigenvalue weighted by Crippen LogP contribution is -2.27. The van der Waals surface area contributed by atoms with Crippen LogP contribution in [0.4, 0.5) is 0 Å². The normalized spacial score (nSPS) is 19.4. The van der Waals surface area contributed by atoms with Crippen molar-refractivity contribution in [3.05, 3.63) is 17.0 Å². The van der Waals surface area contributed by atoms with E-state index in [1.165, 1.54) is 12.8 Å². The molecule has 0 saturated heterocycles. The summed E-state index contributed by atoms with van der Waals surface area (Å²) >= 11 is 0. The van der Waals surface area contributed by atoms with Crippen molar-refractivity contribution in [1.82, 2.24) is 15.1 Å². The first-order chi connectivity index (χ1) is 8.20. The van der Waals surface area contributed by atoms with Crippen molar-refractivity contribution in [3.63, 3.8) is 0 Å². The molecule has 3 rings (SSSR count). The summed E-state index contributed by atoms with van der Waals surface area (Å²) in [4.78, 5) is 12.3. The van der Waals surface area contributed by atoms with Crippen LogP contribution in [-0.2, 0) is 13.5 Å². The van der Waals surface area contributed by atoms with E-state index in [2.05, 4.69) is 17.3 Å². The number of hydrogen-bond donors (Lipinski definition) is 1. The molecule has 1 N–H and O–H groups in total. The minimum Gasteiger partial charge on any atom is -0.349 e. The zero-order chi connectivity index (χ0) is 12.0. The van der Waals surface area contributed by atoms with Crippen LogP contribution in [0.15, 0.2) is 0 Å². The molecule has 1 heterocycles. The Labute approximate surface area is 101 Å². The molecule has 0 atom stereocenters. The minimum atomic E-state index is 0.0966. The Kier molecular flexibility index (Phi) is 2.45. The van der Waals surface area contributed by atoms with Gasteiger partial charge in [-0.1, -0.05) is 6.92 Å². The van der Waals surface area contributed by atoms with Crippen molar-refractivity contribution in [2.24, 2.45) is 7.05 Å². The molecule has 1 amide bonds. The number of nitrogens with zero attached hydrogens (tertiary/aromatic N) is 2. The third kappa shape index (κ3) is 1.96. The lowest BCUT2D eigenvalue weighted by molar-refractivity contribution is 0.0949. The highest BCUT2D eigenvalue weighted by Gasteiger charge is 2.35. The van der Waals surface area contributed by atoms with E-state index in [9.17, 15) is 4.79 Å². The predicted molar refractivity (Wildman–Crippen MR) is 65.0 cm³/mol. The van der Waals surface area contributed by atoms with Gasteiger partial charge in [0.2, 0.25) is 0 Å². The maximum atomic E-state index is 12.3. The van der Waals surface area contributed by atoms with Gasteiger partial charge in [-0.3, -0.25) is 9.48 Å². The highest BCUT2D eigenvalue weighted by atomic mass is 16.1. The van der Waals surface area contributed by atoms with Gasteiger partial charge in [0, 0.05) is 19.0 Å². The van der Waals surface area contributed by atoms with E-state index in [-0.39, 0.29) is 5.91 Å². The average Bonchev–Trinajstić information content (AvgIpc) is 3.17. The second-order valence-electron chi connectivity index (χ2n) is 5.21. The zero-order valence-corrected chi connectivity index (χ0v) is 10.5. The second-order valence-corrected chi connectivity index (χ2v) is 5.21. The van der Waals surface area contributed by atoms with Gasteiger partial charge in [-0.2, -0.15) is 5.10 Å². The summed E-state index contributed by atoms with van der Waals surface area (Å²) in [7, 11) is 1.94. The third-order valence-corrected chi connectivity index (χ3v) is 3.63. The van der Waals surface area contributed by atoms with Crippen LogP contribution >= 0.6 is 0 Å². The van der Waals surface area contributed by atoms with Crippen molar-refractivity contribution in [2.45, 2.75) is 51.0 Å². The van der Waals surface area contributed by atoms with E-state index < -0.39 is 0 Å². The number of aryl methyl sites for hydroxylation is 1. The molecule has 0 spiro atoms. The number of aromatic nitrogens is 2. The van der Waals surface area contributed by atoms with Crippen molar-refractivity contribution in [2.75, 3.05) is 0 Å². The Morgan fingerprint density at radius 3 is 2.65 bits per heavy atom. The smallest absolute Gasteiger partial charge is 0.255 e. The Morgan fingerprint density at radius 2 is 2.12 bits per heavy atom. The first kappa shape index (κ1) is 10.8. The fraction of sp³-hybridized carbons (Fsp3) is 0.692. The summed E-state index contributed by atoms with van der Waals surface area (Å²) in [6.45, 7) is 2.08. The van der Waals surface area contributed by atoms with Gasteiger partial charge in [0.1, 0.15) is 0 Å². The largest absolute Gasteiger partial charge is 0.349 e. The van der Waals surface area contributed by atoms with Crippen LogP contribution in [0.5, 0.6) is 0 Å². The molecule has 4 heteroatoms. The maximum Gasteiger partial charge on any atom is 0.255 e. The van der Waals surface area contributed by atoms with Crippen LogP contribution < -0.4 is 5.32 Å². The molecule has 0 unspecified atom stereocenters. The van der Waals surface area contributed by atoms with E-state index in [4.69, 9.17) is 0 Å². The number of rotatable bonds is 4. The van der Waals surface area contributed by atoms with Gasteiger partial charge in [0.25, 0.3) is 5.91 Å². The topological polar surface area (TPSA) is 46.9 Å². The molecule has 92 valence electrons. The molecule has 1 aromatic rings. The van der Waals surface area contributed by atoms with Gasteiger partial charge in [0.15, 0.2) is 0 Å². The molecule has 1 aromatic heterocycles. The Balaban J connectivity index is 1.95. The third-order valence-electron chi connectivity index (χ3n) is 3.63. The number of amides is 1. The summed E-state index contributed by atoms with van der Waals surface area (Å²) in [5.74, 6) is 0.626. The second kappa shape index (κ2) is 3.86. The average molecular weight is 233 g/mol. The summed E-state index contributed by atoms with van der Waals surface area (Å²) in [5, 5.41) is 7.64. The van der Waals surface area contributed by atoms with Crippen molar-refractivity contribution < 1.29 is 4.79 Å². The van der Waals surface area contributed by atoms with Gasteiger partial charge in [-0.25, -0.2) is 0 Å². The monoisotopic (exact) mass is 233 g/mol. The molecular weight excluding hydrogens is 214 g/mol. The number of hydrogen-bond acceptors (Lipinski definition) is 2. The van der Waals surface area contributed by atoms with Gasteiger partial charge in [-0.05, 0) is 32.1 Å². The molecule has 0 bridgehead atoms. The molecule has 4 nitrogen and oxygen atoms in total. The molecule has 17 heavy (non-hydrogen) atoms. The predicted octanol–water partition coefficient (Wildman–Crippen LogP) is 1.75. The molecular formula is C13H19N3O. The maximum absolute atomic E-state index is 12.3. The lowest BCUT2D eigenvalue weighted by atomic mass is 10.1. The van der Waals surface area contributed by atoms with Gasteiger partial charge in [0.05, 0.1) is 17.0 Å². The van der Waals surface area contributed by atoms with E-state index in [1.807, 2.05) is 11.7 Å². The molecule has 2 saturated carbocycles. The van der Waals surface area contributed by atoms with Crippen molar-refractivity contribution >= 4 is 5.91 Å². The standard InChI is InChI=1S/C13H19N3O/c1-3-10-11(13(17)14-9-6-7-9)12(8-4-5-8)15-16(10)2/h8-9H,3-7H2,1-2H3,(H,14,17). The lowest BCUT2D eigenvalue weighted by Gasteiger charge is -2.05. The van der Waals surface area contributed by atoms with Crippen LogP contribution in [0, 0.1) is 0 Å². The SMILES string of the molecule is CCc1c(C(=O)NC2CC2)c(C2CC2)nn1C. The zero-order valence-electron chi connectivity index (χ0n) is 10.5. The molecule has 2 fully saturated rings. The quantitative estimate of drug-likeness (QED) is 0.861. The minimum absolute atomic E-state index is 0.0966. The summed E-state index contributed by atoms with van der Waals surface area (Å²) in [5.41, 5.74) is 2.97. The van der Waals surface area contributed by atoms with Crippen LogP contribution in [0.3, 0.4) is 0 Å². The summed E-state index contributed by atoms with van der Waals surface area (Å²) in [6.07, 6.45) is 5.50. The Hall–Kier alpha value is -1.32. The van der Waals surface area contributed by atoms with Gasteiger partial charge >= 0.3 is 0 Å². The van der Waals surface area contributed by atoms with Gasteiger partial charge < -0.3 is 5.32 Å². The first-order valence-electron chi connectivity index (χ1n) is 6.57.